The van der Waals surface area contributed by atoms with Crippen LogP contribution in [-0.4, -0.2) is 64.7 Å². The van der Waals surface area contributed by atoms with Gasteiger partial charge in [0.1, 0.15) is 0 Å². The van der Waals surface area contributed by atoms with Gasteiger partial charge in [0.2, 0.25) is 5.91 Å². The fourth-order valence-electron chi connectivity index (χ4n) is 2.09. The summed E-state index contributed by atoms with van der Waals surface area (Å²) in [4.78, 5) is 34.9. The molecule has 0 atom stereocenters. The van der Waals surface area contributed by atoms with Gasteiger partial charge in [-0.25, -0.2) is 4.98 Å². The van der Waals surface area contributed by atoms with Crippen molar-refractivity contribution in [2.24, 2.45) is 0 Å². The average molecular weight is 310 g/mol. The lowest BCUT2D eigenvalue weighted by Gasteiger charge is -2.32. The molecular formula is C14H22N4O2S. The van der Waals surface area contributed by atoms with Gasteiger partial charge in [0.05, 0.1) is 11.4 Å². The Bertz CT molecular complexity index is 550. The van der Waals surface area contributed by atoms with Crippen LogP contribution in [-0.2, 0) is 4.79 Å². The van der Waals surface area contributed by atoms with Crippen molar-refractivity contribution in [1.29, 1.82) is 0 Å². The molecule has 0 aliphatic carbocycles. The van der Waals surface area contributed by atoms with Crippen LogP contribution in [0.3, 0.4) is 0 Å². The van der Waals surface area contributed by atoms with Gasteiger partial charge in [0.15, 0.2) is 5.16 Å². The molecule has 1 aromatic heterocycles. The molecule has 1 saturated heterocycles. The van der Waals surface area contributed by atoms with Gasteiger partial charge in [0.25, 0.3) is 5.56 Å². The molecule has 1 aliphatic rings. The molecule has 0 saturated carbocycles. The minimum absolute atomic E-state index is 0.102. The zero-order valence-electron chi connectivity index (χ0n) is 12.8. The van der Waals surface area contributed by atoms with Crippen molar-refractivity contribution in [2.45, 2.75) is 24.9 Å². The number of aromatic amines is 1. The second-order valence-corrected chi connectivity index (χ2v) is 6.57. The predicted molar refractivity (Wildman–Crippen MR) is 83.7 cm³/mol. The van der Waals surface area contributed by atoms with Gasteiger partial charge in [-0.2, -0.15) is 0 Å². The Balaban J connectivity index is 1.93. The first-order valence-corrected chi connectivity index (χ1v) is 8.14. The van der Waals surface area contributed by atoms with Crippen LogP contribution in [0.15, 0.2) is 16.0 Å². The molecule has 6 nitrogen and oxygen atoms in total. The number of piperazine rings is 1. The molecule has 0 radical (unpaired) electrons. The smallest absolute Gasteiger partial charge is 0.251 e. The number of H-pyrrole nitrogens is 1. The number of carbonyl (C=O) groups excluding carboxylic acids is 1. The molecule has 1 amide bonds. The van der Waals surface area contributed by atoms with Crippen LogP contribution in [0, 0.1) is 0 Å². The number of likely N-dealkylation sites (N-methyl/N-ethyl adjacent to an activating group) is 1. The third kappa shape index (κ3) is 4.57. The van der Waals surface area contributed by atoms with E-state index in [0.29, 0.717) is 10.9 Å². The number of nitrogens with zero attached hydrogens (tertiary/aromatic N) is 3. The number of hydrogen-bond acceptors (Lipinski definition) is 5. The van der Waals surface area contributed by atoms with E-state index in [0.717, 1.165) is 31.9 Å². The number of amides is 1. The van der Waals surface area contributed by atoms with E-state index >= 15 is 0 Å². The van der Waals surface area contributed by atoms with Crippen molar-refractivity contribution in [2.75, 3.05) is 39.0 Å². The summed E-state index contributed by atoms with van der Waals surface area (Å²) in [5.41, 5.74) is 0.594. The molecule has 0 spiro atoms. The first kappa shape index (κ1) is 16.0. The van der Waals surface area contributed by atoms with E-state index in [1.807, 2.05) is 18.7 Å². The van der Waals surface area contributed by atoms with Crippen molar-refractivity contribution >= 4 is 17.7 Å². The molecule has 1 fully saturated rings. The maximum absolute atomic E-state index is 12.1. The maximum atomic E-state index is 12.1. The van der Waals surface area contributed by atoms with E-state index < -0.39 is 0 Å². The minimum atomic E-state index is -0.164. The first-order chi connectivity index (χ1) is 9.95. The van der Waals surface area contributed by atoms with Gasteiger partial charge in [-0.1, -0.05) is 25.6 Å². The van der Waals surface area contributed by atoms with Crippen LogP contribution in [0.1, 0.15) is 25.5 Å². The van der Waals surface area contributed by atoms with Gasteiger partial charge >= 0.3 is 0 Å². The zero-order chi connectivity index (χ0) is 15.4. The monoisotopic (exact) mass is 310 g/mol. The summed E-state index contributed by atoms with van der Waals surface area (Å²) in [7, 11) is 2.06. The van der Waals surface area contributed by atoms with Gasteiger partial charge in [-0.05, 0) is 13.0 Å². The Hall–Kier alpha value is -1.34. The van der Waals surface area contributed by atoms with E-state index in [1.165, 1.54) is 17.8 Å². The highest BCUT2D eigenvalue weighted by molar-refractivity contribution is 7.99. The van der Waals surface area contributed by atoms with Crippen LogP contribution in [0.2, 0.25) is 0 Å². The van der Waals surface area contributed by atoms with Crippen LogP contribution < -0.4 is 5.56 Å². The van der Waals surface area contributed by atoms with Gasteiger partial charge in [0, 0.05) is 32.2 Å². The zero-order valence-corrected chi connectivity index (χ0v) is 13.6. The topological polar surface area (TPSA) is 69.3 Å². The Labute approximate surface area is 128 Å². The third-order valence-electron chi connectivity index (χ3n) is 3.52. The molecule has 0 unspecified atom stereocenters. The Morgan fingerprint density at radius 1 is 1.38 bits per heavy atom. The average Bonchev–Trinajstić information content (AvgIpc) is 2.45. The van der Waals surface area contributed by atoms with Crippen molar-refractivity contribution in [1.82, 2.24) is 19.8 Å². The highest BCUT2D eigenvalue weighted by Gasteiger charge is 2.19. The largest absolute Gasteiger partial charge is 0.339 e. The van der Waals surface area contributed by atoms with Gasteiger partial charge in [-0.3, -0.25) is 9.59 Å². The summed E-state index contributed by atoms with van der Waals surface area (Å²) in [6.45, 7) is 7.34. The predicted octanol–water partition coefficient (Wildman–Crippen LogP) is 0.759. The lowest BCUT2D eigenvalue weighted by molar-refractivity contribution is -0.129. The molecule has 2 rings (SSSR count). The minimum Gasteiger partial charge on any atom is -0.339 e. The van der Waals surface area contributed by atoms with Crippen molar-refractivity contribution < 1.29 is 4.79 Å². The Morgan fingerprint density at radius 2 is 2.05 bits per heavy atom. The molecule has 0 aromatic carbocycles. The van der Waals surface area contributed by atoms with Crippen LogP contribution >= 0.6 is 11.8 Å². The van der Waals surface area contributed by atoms with E-state index in [-0.39, 0.29) is 17.4 Å². The molecule has 1 N–H and O–H groups in total. The summed E-state index contributed by atoms with van der Waals surface area (Å²) in [5, 5.41) is 0.522. The number of nitrogens with one attached hydrogen (secondary N) is 1. The molecule has 21 heavy (non-hydrogen) atoms. The molecule has 2 heterocycles. The lowest BCUT2D eigenvalue weighted by atomic mass is 10.1. The van der Waals surface area contributed by atoms with Gasteiger partial charge < -0.3 is 14.8 Å². The summed E-state index contributed by atoms with van der Waals surface area (Å²) in [6.07, 6.45) is 0. The van der Waals surface area contributed by atoms with E-state index in [9.17, 15) is 9.59 Å². The van der Waals surface area contributed by atoms with Crippen molar-refractivity contribution in [3.8, 4) is 0 Å². The fourth-order valence-corrected chi connectivity index (χ4v) is 2.88. The van der Waals surface area contributed by atoms with E-state index in [2.05, 4.69) is 21.9 Å². The van der Waals surface area contributed by atoms with Gasteiger partial charge in [-0.15, -0.1) is 0 Å². The number of aromatic nitrogens is 2. The van der Waals surface area contributed by atoms with E-state index in [1.54, 1.807) is 0 Å². The molecule has 1 aliphatic heterocycles. The number of hydrogen-bond donors (Lipinski definition) is 1. The summed E-state index contributed by atoms with van der Waals surface area (Å²) in [5.74, 6) is 0.611. The standard InChI is InChI=1S/C14H22N4O2S/c1-10(2)11-8-12(19)16-14(15-11)21-9-13(20)18-6-4-17(3)5-7-18/h8,10H,4-7,9H2,1-3H3,(H,15,16,19). The lowest BCUT2D eigenvalue weighted by Crippen LogP contribution is -2.47. The number of rotatable bonds is 4. The maximum Gasteiger partial charge on any atom is 0.251 e. The normalized spacial score (nSPS) is 16.5. The number of thioether (sulfide) groups is 1. The highest BCUT2D eigenvalue weighted by Crippen LogP contribution is 2.16. The van der Waals surface area contributed by atoms with Crippen molar-refractivity contribution in [3.05, 3.63) is 22.1 Å². The van der Waals surface area contributed by atoms with E-state index in [4.69, 9.17) is 0 Å². The molecule has 0 bridgehead atoms. The summed E-state index contributed by atoms with van der Waals surface area (Å²) >= 11 is 1.30. The SMILES string of the molecule is CC(C)c1cc(=O)[nH]c(SCC(=O)N2CCN(C)CC2)n1. The summed E-state index contributed by atoms with van der Waals surface area (Å²) < 4.78 is 0. The van der Waals surface area contributed by atoms with Crippen LogP contribution in [0.25, 0.3) is 0 Å². The second kappa shape index (κ2) is 7.09. The fraction of sp³-hybridized carbons (Fsp3) is 0.643. The molecule has 116 valence electrons. The highest BCUT2D eigenvalue weighted by atomic mass is 32.2. The molecule has 1 aromatic rings. The molecule has 7 heteroatoms. The quantitative estimate of drug-likeness (QED) is 0.657. The number of carbonyl (C=O) groups is 1. The summed E-state index contributed by atoms with van der Waals surface area (Å²) in [6, 6.07) is 1.51. The first-order valence-electron chi connectivity index (χ1n) is 7.16. The molecular weight excluding hydrogens is 288 g/mol. The van der Waals surface area contributed by atoms with Crippen LogP contribution in [0.4, 0.5) is 0 Å². The van der Waals surface area contributed by atoms with Crippen molar-refractivity contribution in [3.63, 3.8) is 0 Å². The van der Waals surface area contributed by atoms with Crippen LogP contribution in [0.5, 0.6) is 0 Å². The third-order valence-corrected chi connectivity index (χ3v) is 4.38. The Kier molecular flexibility index (Phi) is 5.41. The Morgan fingerprint density at radius 3 is 2.67 bits per heavy atom. The second-order valence-electron chi connectivity index (χ2n) is 5.60.